The van der Waals surface area contributed by atoms with Crippen molar-refractivity contribution in [1.29, 1.82) is 0 Å². The average Bonchev–Trinajstić information content (AvgIpc) is 2.60. The summed E-state index contributed by atoms with van der Waals surface area (Å²) in [5.74, 6) is 0. The van der Waals surface area contributed by atoms with E-state index in [0.29, 0.717) is 11.1 Å². The van der Waals surface area contributed by atoms with Crippen molar-refractivity contribution in [2.24, 2.45) is 0 Å². The van der Waals surface area contributed by atoms with Gasteiger partial charge in [-0.2, -0.15) is 26.3 Å². The molecule has 0 radical (unpaired) electrons. The van der Waals surface area contributed by atoms with Crippen molar-refractivity contribution in [3.05, 3.63) is 71.8 Å². The van der Waals surface area contributed by atoms with Crippen LogP contribution >= 0.6 is 24.1 Å². The van der Waals surface area contributed by atoms with E-state index in [1.807, 2.05) is 0 Å². The molecular weight excluding hydrogens is 410 g/mol. The molecule has 0 aliphatic rings. The minimum Gasteiger partial charge on any atom is -0.246 e. The second kappa shape index (κ2) is 9.75. The summed E-state index contributed by atoms with van der Waals surface area (Å²) in [7, 11) is 0. The zero-order valence-electron chi connectivity index (χ0n) is 13.8. The Bertz CT molecular complexity index is 616. The molecule has 0 fully saturated rings. The van der Waals surface area contributed by atoms with Gasteiger partial charge in [-0.05, 0) is 24.0 Å². The highest BCUT2D eigenvalue weighted by Crippen LogP contribution is 2.40. The fourth-order valence-electron chi connectivity index (χ4n) is 2.18. The zero-order valence-corrected chi connectivity index (χ0v) is 15.5. The maximum Gasteiger partial charge on any atom is 0.403 e. The third-order valence-electron chi connectivity index (χ3n) is 3.57. The zero-order chi connectivity index (χ0) is 19.9. The Hall–Kier alpha value is -1.32. The van der Waals surface area contributed by atoms with Gasteiger partial charge >= 0.3 is 12.4 Å². The molecule has 0 heterocycles. The maximum absolute atomic E-state index is 13.2. The van der Waals surface area contributed by atoms with Crippen LogP contribution in [-0.2, 0) is 16.5 Å². The first-order valence-corrected chi connectivity index (χ1v) is 9.47. The van der Waals surface area contributed by atoms with Crippen molar-refractivity contribution < 1.29 is 30.0 Å². The van der Waals surface area contributed by atoms with Crippen molar-refractivity contribution in [2.45, 2.75) is 35.7 Å². The van der Waals surface area contributed by atoms with Crippen LogP contribution in [0.15, 0.2) is 60.7 Å². The minimum absolute atomic E-state index is 0.0163. The highest BCUT2D eigenvalue weighted by Gasteiger charge is 2.44. The molecule has 0 bridgehead atoms. The Morgan fingerprint density at radius 3 is 1.26 bits per heavy atom. The predicted octanol–water partition coefficient (Wildman–Crippen LogP) is 6.65. The van der Waals surface area contributed by atoms with Crippen molar-refractivity contribution in [1.82, 2.24) is 0 Å². The van der Waals surface area contributed by atoms with Gasteiger partial charge in [-0.3, -0.25) is 0 Å². The molecule has 0 amide bonds. The second-order valence-corrected chi connectivity index (χ2v) is 7.77. The number of hydrogen-bond acceptors (Lipinski definition) is 3. The van der Waals surface area contributed by atoms with Gasteiger partial charge in [0.15, 0.2) is 0 Å². The normalized spacial score (nSPS) is 14.7. The number of benzene rings is 2. The lowest BCUT2D eigenvalue weighted by Gasteiger charge is -2.22. The van der Waals surface area contributed by atoms with Gasteiger partial charge in [0.05, 0.1) is 0 Å². The van der Waals surface area contributed by atoms with E-state index < -0.39 is 22.9 Å². The molecule has 0 saturated heterocycles. The largest absolute Gasteiger partial charge is 0.403 e. The van der Waals surface area contributed by atoms with Crippen LogP contribution in [0.2, 0.25) is 0 Å². The Kier molecular flexibility index (Phi) is 7.93. The highest BCUT2D eigenvalue weighted by atomic mass is 32.2. The quantitative estimate of drug-likeness (QED) is 0.346. The molecule has 2 unspecified atom stereocenters. The Morgan fingerprint density at radius 2 is 0.963 bits per heavy atom. The van der Waals surface area contributed by atoms with Gasteiger partial charge in [0.2, 0.25) is 0 Å². The lowest BCUT2D eigenvalue weighted by molar-refractivity contribution is -0.129. The molecule has 0 aromatic heterocycles. The molecule has 1 nitrogen and oxygen atoms in total. The van der Waals surface area contributed by atoms with Crippen molar-refractivity contribution >= 4 is 24.1 Å². The van der Waals surface area contributed by atoms with E-state index in [9.17, 15) is 26.3 Å². The van der Waals surface area contributed by atoms with Gasteiger partial charge in [0.25, 0.3) is 0 Å². The lowest BCUT2D eigenvalue weighted by Crippen LogP contribution is -2.30. The van der Waals surface area contributed by atoms with Crippen LogP contribution in [0.5, 0.6) is 0 Å². The molecular formula is C18H16F6OS2. The topological polar surface area (TPSA) is 9.23 Å². The van der Waals surface area contributed by atoms with E-state index in [1.165, 1.54) is 24.3 Å². The summed E-state index contributed by atoms with van der Waals surface area (Å²) in [5.41, 5.74) is 0.857. The predicted molar refractivity (Wildman–Crippen MR) is 96.2 cm³/mol. The van der Waals surface area contributed by atoms with Gasteiger partial charge in [-0.25, -0.2) is 3.63 Å². The van der Waals surface area contributed by atoms with E-state index in [-0.39, 0.29) is 36.9 Å². The maximum atomic E-state index is 13.2. The number of hydrogen-bond donors (Lipinski definition) is 0. The van der Waals surface area contributed by atoms with E-state index in [2.05, 4.69) is 0 Å². The van der Waals surface area contributed by atoms with Crippen LogP contribution in [0.4, 0.5) is 26.3 Å². The first-order chi connectivity index (χ1) is 12.7. The summed E-state index contributed by atoms with van der Waals surface area (Å²) in [6, 6.07) is 15.9. The average molecular weight is 426 g/mol. The first-order valence-electron chi connectivity index (χ1n) is 7.86. The van der Waals surface area contributed by atoms with Crippen LogP contribution < -0.4 is 0 Å². The van der Waals surface area contributed by atoms with Gasteiger partial charge in [0.1, 0.15) is 10.5 Å². The molecule has 2 rings (SSSR count). The highest BCUT2D eigenvalue weighted by molar-refractivity contribution is 8.08. The summed E-state index contributed by atoms with van der Waals surface area (Å²) >= 11 is 0.0326. The van der Waals surface area contributed by atoms with Crippen LogP contribution in [-0.4, -0.2) is 22.9 Å². The molecule has 148 valence electrons. The molecule has 0 N–H and O–H groups in total. The van der Waals surface area contributed by atoms with Gasteiger partial charge in [0, 0.05) is 24.1 Å². The first kappa shape index (κ1) is 22.0. The van der Waals surface area contributed by atoms with E-state index in [0.717, 1.165) is 0 Å². The molecule has 9 heteroatoms. The summed E-state index contributed by atoms with van der Waals surface area (Å²) < 4.78 is 83.8. The summed E-state index contributed by atoms with van der Waals surface area (Å²) in [4.78, 5) is 0. The Labute approximate surface area is 161 Å². The van der Waals surface area contributed by atoms with Crippen molar-refractivity contribution in [3.8, 4) is 0 Å². The standard InChI is InChI=1S/C18H16F6OS2/c19-17(20,21)15(11-13-7-3-1-4-8-13)26-25-27-16(18(22,23)24)12-14-9-5-2-6-10-14/h1-10,15-16H,11-12H2. The molecule has 0 aliphatic carbocycles. The number of halogens is 6. The third-order valence-corrected chi connectivity index (χ3v) is 5.53. The fourth-order valence-corrected chi connectivity index (χ4v) is 3.86. The molecule has 27 heavy (non-hydrogen) atoms. The molecule has 2 aromatic carbocycles. The summed E-state index contributed by atoms with van der Waals surface area (Å²) in [5, 5.41) is -3.92. The second-order valence-electron chi connectivity index (χ2n) is 5.70. The minimum atomic E-state index is -4.60. The van der Waals surface area contributed by atoms with Gasteiger partial charge in [-0.15, -0.1) is 0 Å². The van der Waals surface area contributed by atoms with Crippen LogP contribution in [0.3, 0.4) is 0 Å². The van der Waals surface area contributed by atoms with Gasteiger partial charge in [-0.1, -0.05) is 60.7 Å². The Morgan fingerprint density at radius 1 is 0.630 bits per heavy atom. The fraction of sp³-hybridized carbons (Fsp3) is 0.333. The van der Waals surface area contributed by atoms with Crippen LogP contribution in [0.25, 0.3) is 0 Å². The van der Waals surface area contributed by atoms with E-state index in [1.54, 1.807) is 36.4 Å². The Balaban J connectivity index is 1.97. The molecule has 2 atom stereocenters. The molecule has 0 saturated carbocycles. The van der Waals surface area contributed by atoms with Crippen LogP contribution in [0, 0.1) is 0 Å². The monoisotopic (exact) mass is 426 g/mol. The third kappa shape index (κ3) is 7.67. The molecule has 0 aliphatic heterocycles. The summed E-state index contributed by atoms with van der Waals surface area (Å²) in [6.45, 7) is 0. The number of alkyl halides is 6. The van der Waals surface area contributed by atoms with Crippen molar-refractivity contribution in [3.63, 3.8) is 0 Å². The molecule has 2 aromatic rings. The smallest absolute Gasteiger partial charge is 0.246 e. The summed E-state index contributed by atoms with van der Waals surface area (Å²) in [6.07, 6.45) is -9.97. The lowest BCUT2D eigenvalue weighted by atomic mass is 10.1. The van der Waals surface area contributed by atoms with Crippen LogP contribution in [0.1, 0.15) is 11.1 Å². The van der Waals surface area contributed by atoms with E-state index in [4.69, 9.17) is 3.63 Å². The SMILES string of the molecule is FC(F)(F)C(Cc1ccccc1)SOSC(Cc1ccccc1)C(F)(F)F. The van der Waals surface area contributed by atoms with Crippen molar-refractivity contribution in [2.75, 3.05) is 0 Å². The van der Waals surface area contributed by atoms with Gasteiger partial charge < -0.3 is 0 Å². The number of rotatable bonds is 8. The van der Waals surface area contributed by atoms with E-state index >= 15 is 0 Å². The molecule has 0 spiro atoms.